The van der Waals surface area contributed by atoms with Gasteiger partial charge in [-0.1, -0.05) is 19.4 Å². The Hall–Kier alpha value is -2.12. The van der Waals surface area contributed by atoms with E-state index in [9.17, 15) is 9.59 Å². The summed E-state index contributed by atoms with van der Waals surface area (Å²) in [6.45, 7) is 6.82. The van der Waals surface area contributed by atoms with Crippen molar-refractivity contribution in [3.63, 3.8) is 0 Å². The summed E-state index contributed by atoms with van der Waals surface area (Å²) in [6, 6.07) is 7.33. The third kappa shape index (κ3) is 7.01. The van der Waals surface area contributed by atoms with E-state index < -0.39 is 0 Å². The maximum atomic E-state index is 12.2. The fraction of sp³-hybridized carbons (Fsp3) is 0.579. The molecule has 7 heteroatoms. The Labute approximate surface area is 155 Å². The van der Waals surface area contributed by atoms with Crippen LogP contribution < -0.4 is 15.4 Å². The van der Waals surface area contributed by atoms with Crippen molar-refractivity contribution in [1.82, 2.24) is 15.1 Å². The molecule has 1 aliphatic rings. The molecule has 2 rings (SSSR count). The van der Waals surface area contributed by atoms with E-state index in [0.717, 1.165) is 51.3 Å². The van der Waals surface area contributed by atoms with Gasteiger partial charge in [-0.25, -0.2) is 0 Å². The summed E-state index contributed by atoms with van der Waals surface area (Å²) >= 11 is 0. The number of piperazine rings is 1. The number of hydrogen-bond acceptors (Lipinski definition) is 5. The van der Waals surface area contributed by atoms with E-state index >= 15 is 0 Å². The molecule has 144 valence electrons. The van der Waals surface area contributed by atoms with Crippen molar-refractivity contribution in [3.05, 3.63) is 24.3 Å². The fourth-order valence-electron chi connectivity index (χ4n) is 2.87. The van der Waals surface area contributed by atoms with Crippen LogP contribution in [0.25, 0.3) is 0 Å². The normalized spacial score (nSPS) is 15.5. The second-order valence-corrected chi connectivity index (χ2v) is 6.54. The molecule has 1 aliphatic heterocycles. The molecule has 1 aromatic carbocycles. The average molecular weight is 362 g/mol. The highest BCUT2D eigenvalue weighted by Crippen LogP contribution is 2.16. The van der Waals surface area contributed by atoms with E-state index in [1.54, 1.807) is 13.2 Å². The lowest BCUT2D eigenvalue weighted by Gasteiger charge is -2.33. The van der Waals surface area contributed by atoms with Crippen LogP contribution in [0.3, 0.4) is 0 Å². The standard InChI is InChI=1S/C19H30N4O3/c1-3-4-8-20-18(24)14-22-9-11-23(12-10-22)15-19(25)21-16-6-5-7-17(13-16)26-2/h5-7,13H,3-4,8-12,14-15H2,1-2H3,(H,20,24)(H,21,25). The Balaban J connectivity index is 1.67. The van der Waals surface area contributed by atoms with Crippen molar-refractivity contribution in [2.45, 2.75) is 19.8 Å². The first kappa shape index (κ1) is 20.2. The van der Waals surface area contributed by atoms with E-state index in [1.165, 1.54) is 0 Å². The van der Waals surface area contributed by atoms with Crippen LogP contribution in [0.5, 0.6) is 5.75 Å². The van der Waals surface area contributed by atoms with Crippen molar-refractivity contribution in [2.75, 3.05) is 58.2 Å². The number of hydrogen-bond donors (Lipinski definition) is 2. The number of nitrogens with one attached hydrogen (secondary N) is 2. The Morgan fingerprint density at radius 2 is 1.73 bits per heavy atom. The molecule has 1 fully saturated rings. The van der Waals surface area contributed by atoms with Crippen LogP contribution in [-0.2, 0) is 9.59 Å². The lowest BCUT2D eigenvalue weighted by atomic mass is 10.2. The number of methoxy groups -OCH3 is 1. The molecule has 0 aliphatic carbocycles. The molecule has 1 aromatic rings. The third-order valence-corrected chi connectivity index (χ3v) is 4.41. The number of benzene rings is 1. The molecule has 0 unspecified atom stereocenters. The van der Waals surface area contributed by atoms with Gasteiger partial charge in [0.25, 0.3) is 0 Å². The van der Waals surface area contributed by atoms with Crippen molar-refractivity contribution < 1.29 is 14.3 Å². The second kappa shape index (κ2) is 10.8. The predicted octanol–water partition coefficient (Wildman–Crippen LogP) is 1.17. The summed E-state index contributed by atoms with van der Waals surface area (Å²) in [5, 5.41) is 5.84. The molecule has 0 bridgehead atoms. The second-order valence-electron chi connectivity index (χ2n) is 6.54. The highest BCUT2D eigenvalue weighted by molar-refractivity contribution is 5.92. The molecule has 1 saturated heterocycles. The molecule has 26 heavy (non-hydrogen) atoms. The first-order valence-electron chi connectivity index (χ1n) is 9.26. The quantitative estimate of drug-likeness (QED) is 0.645. The summed E-state index contributed by atoms with van der Waals surface area (Å²) in [7, 11) is 1.60. The Morgan fingerprint density at radius 3 is 2.35 bits per heavy atom. The third-order valence-electron chi connectivity index (χ3n) is 4.41. The van der Waals surface area contributed by atoms with Crippen molar-refractivity contribution in [3.8, 4) is 5.75 Å². The Kier molecular flexibility index (Phi) is 8.37. The Bertz CT molecular complexity index is 586. The van der Waals surface area contributed by atoms with Crippen LogP contribution in [0.2, 0.25) is 0 Å². The summed E-state index contributed by atoms with van der Waals surface area (Å²) in [6.07, 6.45) is 2.10. The molecule has 0 radical (unpaired) electrons. The van der Waals surface area contributed by atoms with Gasteiger partial charge >= 0.3 is 0 Å². The first-order valence-corrected chi connectivity index (χ1v) is 9.26. The number of nitrogens with zero attached hydrogens (tertiary/aromatic N) is 2. The van der Waals surface area contributed by atoms with Crippen LogP contribution in [0.4, 0.5) is 5.69 Å². The molecule has 2 amide bonds. The van der Waals surface area contributed by atoms with Crippen LogP contribution in [0.15, 0.2) is 24.3 Å². The minimum atomic E-state index is -0.0380. The SMILES string of the molecule is CCCCNC(=O)CN1CCN(CC(=O)Nc2cccc(OC)c2)CC1. The molecule has 1 heterocycles. The number of anilines is 1. The first-order chi connectivity index (χ1) is 12.6. The molecule has 0 atom stereocenters. The molecule has 0 spiro atoms. The minimum Gasteiger partial charge on any atom is -0.497 e. The largest absolute Gasteiger partial charge is 0.497 e. The zero-order valence-electron chi connectivity index (χ0n) is 15.8. The smallest absolute Gasteiger partial charge is 0.238 e. The monoisotopic (exact) mass is 362 g/mol. The molecule has 7 nitrogen and oxygen atoms in total. The van der Waals surface area contributed by atoms with Gasteiger partial charge in [0, 0.05) is 44.5 Å². The number of carbonyl (C=O) groups is 2. The van der Waals surface area contributed by atoms with Gasteiger partial charge in [-0.15, -0.1) is 0 Å². The maximum Gasteiger partial charge on any atom is 0.238 e. The van der Waals surface area contributed by atoms with Crippen LogP contribution in [-0.4, -0.2) is 74.5 Å². The van der Waals surface area contributed by atoms with E-state index in [4.69, 9.17) is 4.74 Å². The summed E-state index contributed by atoms with van der Waals surface area (Å²) in [5.74, 6) is 0.764. The van der Waals surface area contributed by atoms with Gasteiger partial charge in [-0.2, -0.15) is 0 Å². The summed E-state index contributed by atoms with van der Waals surface area (Å²) < 4.78 is 5.16. The molecular formula is C19H30N4O3. The zero-order chi connectivity index (χ0) is 18.8. The van der Waals surface area contributed by atoms with Gasteiger partial charge in [-0.05, 0) is 18.6 Å². The van der Waals surface area contributed by atoms with Gasteiger partial charge in [0.2, 0.25) is 11.8 Å². The predicted molar refractivity (Wildman–Crippen MR) is 102 cm³/mol. The number of carbonyl (C=O) groups excluding carboxylic acids is 2. The fourth-order valence-corrected chi connectivity index (χ4v) is 2.87. The van der Waals surface area contributed by atoms with Gasteiger partial charge in [0.05, 0.1) is 20.2 Å². The van der Waals surface area contributed by atoms with Gasteiger partial charge in [0.1, 0.15) is 5.75 Å². The van der Waals surface area contributed by atoms with Crippen LogP contribution >= 0.6 is 0 Å². The number of ether oxygens (including phenoxy) is 1. The van der Waals surface area contributed by atoms with Gasteiger partial charge in [0.15, 0.2) is 0 Å². The van der Waals surface area contributed by atoms with E-state index in [-0.39, 0.29) is 11.8 Å². The molecule has 0 aromatic heterocycles. The highest BCUT2D eigenvalue weighted by atomic mass is 16.5. The van der Waals surface area contributed by atoms with E-state index in [0.29, 0.717) is 18.8 Å². The van der Waals surface area contributed by atoms with E-state index in [1.807, 2.05) is 18.2 Å². The van der Waals surface area contributed by atoms with E-state index in [2.05, 4.69) is 27.4 Å². The summed E-state index contributed by atoms with van der Waals surface area (Å²) in [5.41, 5.74) is 0.733. The lowest BCUT2D eigenvalue weighted by molar-refractivity contribution is -0.123. The van der Waals surface area contributed by atoms with Gasteiger partial charge < -0.3 is 15.4 Å². The summed E-state index contributed by atoms with van der Waals surface area (Å²) in [4.78, 5) is 28.3. The molecule has 2 N–H and O–H groups in total. The topological polar surface area (TPSA) is 73.9 Å². The van der Waals surface area contributed by atoms with Crippen molar-refractivity contribution >= 4 is 17.5 Å². The molecular weight excluding hydrogens is 332 g/mol. The number of unbranched alkanes of at least 4 members (excludes halogenated alkanes) is 1. The zero-order valence-corrected chi connectivity index (χ0v) is 15.8. The maximum absolute atomic E-state index is 12.2. The molecule has 0 saturated carbocycles. The van der Waals surface area contributed by atoms with Crippen molar-refractivity contribution in [1.29, 1.82) is 0 Å². The number of amides is 2. The van der Waals surface area contributed by atoms with Crippen LogP contribution in [0.1, 0.15) is 19.8 Å². The van der Waals surface area contributed by atoms with Gasteiger partial charge in [-0.3, -0.25) is 19.4 Å². The Morgan fingerprint density at radius 1 is 1.08 bits per heavy atom. The van der Waals surface area contributed by atoms with Crippen molar-refractivity contribution in [2.24, 2.45) is 0 Å². The van der Waals surface area contributed by atoms with Crippen LogP contribution in [0, 0.1) is 0 Å². The number of rotatable bonds is 9. The average Bonchev–Trinajstić information content (AvgIpc) is 2.63. The lowest BCUT2D eigenvalue weighted by Crippen LogP contribution is -2.51. The minimum absolute atomic E-state index is 0.0380. The highest BCUT2D eigenvalue weighted by Gasteiger charge is 2.20.